The van der Waals surface area contributed by atoms with E-state index in [0.29, 0.717) is 27.7 Å². The van der Waals surface area contributed by atoms with E-state index in [1.807, 2.05) is 0 Å². The van der Waals surface area contributed by atoms with Gasteiger partial charge in [-0.05, 0) is 24.3 Å². The second-order valence-corrected chi connectivity index (χ2v) is 4.58. The maximum atomic E-state index is 9.46. The summed E-state index contributed by atoms with van der Waals surface area (Å²) in [5.41, 5.74) is 7.49. The van der Waals surface area contributed by atoms with E-state index in [4.69, 9.17) is 21.9 Å². The lowest BCUT2D eigenvalue weighted by molar-refractivity contribution is 0.432. The summed E-state index contributed by atoms with van der Waals surface area (Å²) in [6.45, 7) is 0. The molecule has 0 spiro atoms. The number of hydrogen-bond acceptors (Lipinski definition) is 5. The van der Waals surface area contributed by atoms with Crippen LogP contribution in [-0.4, -0.2) is 15.2 Å². The van der Waals surface area contributed by atoms with Gasteiger partial charge in [0.25, 0.3) is 5.89 Å². The number of phenolic OH excluding ortho intramolecular Hbond substituents is 1. The van der Waals surface area contributed by atoms with E-state index < -0.39 is 0 Å². The highest BCUT2D eigenvalue weighted by atomic mass is 35.5. The Morgan fingerprint density at radius 1 is 1.15 bits per heavy atom. The van der Waals surface area contributed by atoms with E-state index in [9.17, 15) is 5.11 Å². The largest absolute Gasteiger partial charge is 0.508 e. The third kappa shape index (κ3) is 2.19. The van der Waals surface area contributed by atoms with Crippen molar-refractivity contribution in [2.45, 2.75) is 0 Å². The van der Waals surface area contributed by atoms with Crippen LogP contribution in [-0.2, 0) is 0 Å². The number of halogens is 1. The average Bonchev–Trinajstić information content (AvgIpc) is 2.88. The fraction of sp³-hybridized carbons (Fsp3) is 0. The Labute approximate surface area is 119 Å². The molecule has 1 heterocycles. The molecule has 3 aromatic rings. The molecular weight excluding hydrogens is 278 g/mol. The zero-order valence-electron chi connectivity index (χ0n) is 10.2. The average molecular weight is 288 g/mol. The maximum Gasteiger partial charge on any atom is 0.261 e. The van der Waals surface area contributed by atoms with Crippen LogP contribution in [0.5, 0.6) is 5.75 Å². The molecule has 2 aromatic carbocycles. The van der Waals surface area contributed by atoms with Gasteiger partial charge in [0.05, 0.1) is 10.6 Å². The topological polar surface area (TPSA) is 85.2 Å². The summed E-state index contributed by atoms with van der Waals surface area (Å²) in [7, 11) is 0. The summed E-state index contributed by atoms with van der Waals surface area (Å²) in [5.74, 6) is 0.729. The summed E-state index contributed by atoms with van der Waals surface area (Å²) in [4.78, 5) is 4.26. The maximum absolute atomic E-state index is 9.46. The monoisotopic (exact) mass is 287 g/mol. The molecule has 20 heavy (non-hydrogen) atoms. The Kier molecular flexibility index (Phi) is 3.04. The molecule has 0 saturated heterocycles. The second kappa shape index (κ2) is 4.86. The molecule has 0 aliphatic heterocycles. The lowest BCUT2D eigenvalue weighted by atomic mass is 10.1. The summed E-state index contributed by atoms with van der Waals surface area (Å²) in [5, 5.41) is 13.8. The molecule has 0 saturated carbocycles. The molecule has 0 aliphatic carbocycles. The van der Waals surface area contributed by atoms with Crippen LogP contribution in [0.3, 0.4) is 0 Å². The van der Waals surface area contributed by atoms with Crippen molar-refractivity contribution in [3.63, 3.8) is 0 Å². The van der Waals surface area contributed by atoms with Crippen LogP contribution < -0.4 is 5.73 Å². The van der Waals surface area contributed by atoms with Crippen molar-refractivity contribution < 1.29 is 9.63 Å². The molecule has 6 heteroatoms. The quantitative estimate of drug-likeness (QED) is 0.706. The van der Waals surface area contributed by atoms with Crippen LogP contribution in [0.25, 0.3) is 22.8 Å². The highest BCUT2D eigenvalue weighted by Gasteiger charge is 2.16. The van der Waals surface area contributed by atoms with Crippen molar-refractivity contribution in [3.05, 3.63) is 47.5 Å². The van der Waals surface area contributed by atoms with Crippen LogP contribution in [0.15, 0.2) is 47.0 Å². The third-order valence-electron chi connectivity index (χ3n) is 2.79. The van der Waals surface area contributed by atoms with E-state index in [-0.39, 0.29) is 11.6 Å². The van der Waals surface area contributed by atoms with E-state index in [2.05, 4.69) is 10.1 Å². The van der Waals surface area contributed by atoms with Crippen LogP contribution in [0.4, 0.5) is 5.69 Å². The van der Waals surface area contributed by atoms with Crippen LogP contribution in [0.2, 0.25) is 5.02 Å². The van der Waals surface area contributed by atoms with Crippen LogP contribution in [0, 0.1) is 0 Å². The molecule has 1 aromatic heterocycles. The number of anilines is 1. The fourth-order valence-corrected chi connectivity index (χ4v) is 2.12. The summed E-state index contributed by atoms with van der Waals surface area (Å²) >= 11 is 6.10. The van der Waals surface area contributed by atoms with Gasteiger partial charge in [-0.1, -0.05) is 35.0 Å². The van der Waals surface area contributed by atoms with E-state index >= 15 is 0 Å². The molecule has 3 N–H and O–H groups in total. The van der Waals surface area contributed by atoms with Gasteiger partial charge >= 0.3 is 0 Å². The third-order valence-corrected chi connectivity index (χ3v) is 3.11. The predicted octanol–water partition coefficient (Wildman–Crippen LogP) is 3.34. The molecule has 3 rings (SSSR count). The Morgan fingerprint density at radius 3 is 2.70 bits per heavy atom. The van der Waals surface area contributed by atoms with Crippen molar-refractivity contribution in [2.24, 2.45) is 0 Å². The SMILES string of the molecule is Nc1cccc(Cl)c1-c1nc(-c2cccc(O)c2)no1. The number of aromatic nitrogens is 2. The molecule has 0 radical (unpaired) electrons. The van der Waals surface area contributed by atoms with Gasteiger partial charge in [-0.15, -0.1) is 0 Å². The van der Waals surface area contributed by atoms with Gasteiger partial charge in [-0.3, -0.25) is 0 Å². The Morgan fingerprint density at radius 2 is 1.95 bits per heavy atom. The molecule has 0 atom stereocenters. The van der Waals surface area contributed by atoms with Crippen LogP contribution in [0.1, 0.15) is 0 Å². The van der Waals surface area contributed by atoms with Crippen molar-refractivity contribution in [1.29, 1.82) is 0 Å². The lowest BCUT2D eigenvalue weighted by Crippen LogP contribution is -1.90. The van der Waals surface area contributed by atoms with Gasteiger partial charge in [0.15, 0.2) is 0 Å². The summed E-state index contributed by atoms with van der Waals surface area (Å²) in [6.07, 6.45) is 0. The normalized spacial score (nSPS) is 10.7. The molecule has 0 bridgehead atoms. The van der Waals surface area contributed by atoms with Crippen molar-refractivity contribution >= 4 is 17.3 Å². The van der Waals surface area contributed by atoms with Crippen molar-refractivity contribution in [3.8, 4) is 28.6 Å². The molecule has 0 amide bonds. The predicted molar refractivity (Wildman–Crippen MR) is 76.3 cm³/mol. The summed E-state index contributed by atoms with van der Waals surface area (Å²) < 4.78 is 5.20. The van der Waals surface area contributed by atoms with Gasteiger partial charge < -0.3 is 15.4 Å². The number of hydrogen-bond donors (Lipinski definition) is 2. The molecule has 0 aliphatic rings. The van der Waals surface area contributed by atoms with E-state index in [1.54, 1.807) is 42.5 Å². The molecule has 5 nitrogen and oxygen atoms in total. The minimum absolute atomic E-state index is 0.131. The number of nitrogens with zero attached hydrogens (tertiary/aromatic N) is 2. The van der Waals surface area contributed by atoms with E-state index in [0.717, 1.165) is 0 Å². The Hall–Kier alpha value is -2.53. The first-order valence-electron chi connectivity index (χ1n) is 5.82. The molecule has 0 unspecified atom stereocenters. The minimum atomic E-state index is 0.131. The number of nitrogens with two attached hydrogens (primary N) is 1. The van der Waals surface area contributed by atoms with Crippen LogP contribution >= 0.6 is 11.6 Å². The highest BCUT2D eigenvalue weighted by molar-refractivity contribution is 6.33. The van der Waals surface area contributed by atoms with Gasteiger partial charge in [0.2, 0.25) is 5.82 Å². The second-order valence-electron chi connectivity index (χ2n) is 4.18. The molecule has 0 fully saturated rings. The first-order valence-corrected chi connectivity index (χ1v) is 6.20. The van der Waals surface area contributed by atoms with E-state index in [1.165, 1.54) is 0 Å². The number of aromatic hydroxyl groups is 1. The first-order chi connectivity index (χ1) is 9.65. The Bertz CT molecular complexity index is 750. The number of rotatable bonds is 2. The van der Waals surface area contributed by atoms with Crippen molar-refractivity contribution in [2.75, 3.05) is 5.73 Å². The number of benzene rings is 2. The smallest absolute Gasteiger partial charge is 0.261 e. The summed E-state index contributed by atoms with van der Waals surface area (Å²) in [6, 6.07) is 11.7. The standard InChI is InChI=1S/C14H10ClN3O2/c15-10-5-2-6-11(16)12(10)14-17-13(18-20-14)8-3-1-4-9(19)7-8/h1-7,19H,16H2. The first kappa shape index (κ1) is 12.5. The molecule has 100 valence electrons. The number of nitrogen functional groups attached to an aromatic ring is 1. The number of phenols is 1. The lowest BCUT2D eigenvalue weighted by Gasteiger charge is -2.01. The molecular formula is C14H10ClN3O2. The van der Waals surface area contributed by atoms with Gasteiger partial charge in [0, 0.05) is 11.3 Å². The van der Waals surface area contributed by atoms with Gasteiger partial charge in [-0.2, -0.15) is 4.98 Å². The zero-order valence-corrected chi connectivity index (χ0v) is 11.0. The zero-order chi connectivity index (χ0) is 14.1. The van der Waals surface area contributed by atoms with Gasteiger partial charge in [0.1, 0.15) is 5.75 Å². The Balaban J connectivity index is 2.07. The van der Waals surface area contributed by atoms with Crippen molar-refractivity contribution in [1.82, 2.24) is 10.1 Å². The highest BCUT2D eigenvalue weighted by Crippen LogP contribution is 2.33. The fourth-order valence-electron chi connectivity index (χ4n) is 1.85. The van der Waals surface area contributed by atoms with Gasteiger partial charge in [-0.25, -0.2) is 0 Å². The minimum Gasteiger partial charge on any atom is -0.508 e.